The number of nitriles is 1. The molecule has 2 N–H and O–H groups in total. The number of carbonyl (C=O) groups is 1. The number of aliphatic hydroxyl groups is 2. The van der Waals surface area contributed by atoms with Crippen LogP contribution in [0.2, 0.25) is 0 Å². The van der Waals surface area contributed by atoms with Gasteiger partial charge in [0.05, 0.1) is 18.6 Å². The second kappa shape index (κ2) is 5.40. The van der Waals surface area contributed by atoms with Crippen LogP contribution in [-0.2, 0) is 0 Å². The molecule has 2 unspecified atom stereocenters. The van der Waals surface area contributed by atoms with Gasteiger partial charge in [-0.15, -0.1) is 0 Å². The lowest BCUT2D eigenvalue weighted by atomic mass is 9.96. The Morgan fingerprint density at radius 2 is 2.19 bits per heavy atom. The minimum atomic E-state index is -1.21. The fraction of sp³-hybridized carbons (Fsp3) is 0.333. The number of nitrogens with zero attached hydrogens (tertiary/aromatic N) is 1. The Bertz CT molecular complexity index is 423. The van der Waals surface area contributed by atoms with Crippen LogP contribution < -0.4 is 0 Å². The van der Waals surface area contributed by atoms with Crippen LogP contribution in [0.4, 0.5) is 0 Å². The molecular weight excluding hydrogens is 206 g/mol. The zero-order valence-corrected chi connectivity index (χ0v) is 8.92. The first kappa shape index (κ1) is 12.4. The summed E-state index contributed by atoms with van der Waals surface area (Å²) in [5, 5.41) is 27.6. The first-order chi connectivity index (χ1) is 7.60. The van der Waals surface area contributed by atoms with Crippen molar-refractivity contribution < 1.29 is 15.0 Å². The van der Waals surface area contributed by atoms with E-state index in [9.17, 15) is 15.0 Å². The fourth-order valence-corrected chi connectivity index (χ4v) is 1.48. The molecule has 0 fully saturated rings. The number of aldehydes is 1. The number of benzene rings is 1. The average molecular weight is 219 g/mol. The molecule has 4 heteroatoms. The van der Waals surface area contributed by atoms with Gasteiger partial charge in [0, 0.05) is 5.56 Å². The monoisotopic (exact) mass is 219 g/mol. The highest BCUT2D eigenvalue weighted by atomic mass is 16.3. The Morgan fingerprint density at radius 3 is 2.75 bits per heavy atom. The molecule has 2 atom stereocenters. The predicted molar refractivity (Wildman–Crippen MR) is 57.8 cm³/mol. The van der Waals surface area contributed by atoms with Gasteiger partial charge in [0.1, 0.15) is 12.4 Å². The molecule has 0 aliphatic rings. The Kier molecular flexibility index (Phi) is 4.18. The molecule has 0 heterocycles. The van der Waals surface area contributed by atoms with Gasteiger partial charge in [-0.1, -0.05) is 17.7 Å². The minimum Gasteiger partial charge on any atom is -0.389 e. The maximum Gasteiger partial charge on any atom is 0.150 e. The molecule has 84 valence electrons. The number of rotatable bonds is 4. The Balaban J connectivity index is 3.03. The summed E-state index contributed by atoms with van der Waals surface area (Å²) >= 11 is 0. The standard InChI is InChI=1S/C12H13NO3/c1-8-2-3-10(9(6-8)7-14)12(16)11(15)4-5-13/h2-3,6-7,11-12,15-16H,4H2,1H3. The van der Waals surface area contributed by atoms with E-state index in [1.165, 1.54) is 0 Å². The molecule has 0 saturated heterocycles. The van der Waals surface area contributed by atoms with E-state index in [1.807, 2.05) is 6.92 Å². The van der Waals surface area contributed by atoms with Crippen LogP contribution in [-0.4, -0.2) is 22.6 Å². The molecule has 0 aromatic heterocycles. The first-order valence-electron chi connectivity index (χ1n) is 4.89. The topological polar surface area (TPSA) is 81.3 Å². The number of aliphatic hydroxyl groups excluding tert-OH is 2. The number of aryl methyl sites for hydroxylation is 1. The lowest BCUT2D eigenvalue weighted by Crippen LogP contribution is -2.18. The van der Waals surface area contributed by atoms with Crippen molar-refractivity contribution in [2.24, 2.45) is 0 Å². The molecule has 0 saturated carbocycles. The maximum absolute atomic E-state index is 10.8. The van der Waals surface area contributed by atoms with E-state index in [4.69, 9.17) is 5.26 Å². The first-order valence-corrected chi connectivity index (χ1v) is 4.89. The average Bonchev–Trinajstić information content (AvgIpc) is 2.28. The molecule has 0 amide bonds. The molecule has 1 aromatic carbocycles. The van der Waals surface area contributed by atoms with Crippen LogP contribution in [0.1, 0.15) is 34.0 Å². The maximum atomic E-state index is 10.8. The summed E-state index contributed by atoms with van der Waals surface area (Å²) in [7, 11) is 0. The van der Waals surface area contributed by atoms with Crippen molar-refractivity contribution in [1.82, 2.24) is 0 Å². The normalized spacial score (nSPS) is 13.9. The van der Waals surface area contributed by atoms with Crippen LogP contribution in [0.15, 0.2) is 18.2 Å². The van der Waals surface area contributed by atoms with Crippen molar-refractivity contribution >= 4 is 6.29 Å². The second-order valence-electron chi connectivity index (χ2n) is 3.62. The van der Waals surface area contributed by atoms with Crippen LogP contribution in [0.3, 0.4) is 0 Å². The predicted octanol–water partition coefficient (Wildman–Crippen LogP) is 1.12. The van der Waals surface area contributed by atoms with Gasteiger partial charge in [-0.05, 0) is 18.6 Å². The van der Waals surface area contributed by atoms with Crippen LogP contribution in [0, 0.1) is 18.3 Å². The third-order valence-electron chi connectivity index (χ3n) is 2.35. The summed E-state index contributed by atoms with van der Waals surface area (Å²) in [6.45, 7) is 1.83. The van der Waals surface area contributed by atoms with Gasteiger partial charge in [-0.3, -0.25) is 4.79 Å². The molecule has 0 spiro atoms. The smallest absolute Gasteiger partial charge is 0.150 e. The second-order valence-corrected chi connectivity index (χ2v) is 3.62. The van der Waals surface area contributed by atoms with E-state index >= 15 is 0 Å². The summed E-state index contributed by atoms with van der Waals surface area (Å²) in [4.78, 5) is 10.8. The lowest BCUT2D eigenvalue weighted by Gasteiger charge is -2.17. The summed E-state index contributed by atoms with van der Waals surface area (Å²) in [6.07, 6.45) is -1.93. The van der Waals surface area contributed by atoms with Crippen molar-refractivity contribution in [3.8, 4) is 6.07 Å². The van der Waals surface area contributed by atoms with Crippen LogP contribution in [0.25, 0.3) is 0 Å². The molecule has 1 rings (SSSR count). The molecule has 0 bridgehead atoms. The van der Waals surface area contributed by atoms with Crippen molar-refractivity contribution in [2.45, 2.75) is 25.6 Å². The summed E-state index contributed by atoms with van der Waals surface area (Å²) in [5.74, 6) is 0. The fourth-order valence-electron chi connectivity index (χ4n) is 1.48. The van der Waals surface area contributed by atoms with Crippen LogP contribution >= 0.6 is 0 Å². The zero-order chi connectivity index (χ0) is 12.1. The molecular formula is C12H13NO3. The Hall–Kier alpha value is -1.70. The lowest BCUT2D eigenvalue weighted by molar-refractivity contribution is 0.0213. The van der Waals surface area contributed by atoms with Crippen LogP contribution in [0.5, 0.6) is 0 Å². The molecule has 1 aromatic rings. The molecule has 4 nitrogen and oxygen atoms in total. The van der Waals surface area contributed by atoms with E-state index in [2.05, 4.69) is 0 Å². The third-order valence-corrected chi connectivity index (χ3v) is 2.35. The van der Waals surface area contributed by atoms with Crippen molar-refractivity contribution in [3.05, 3.63) is 34.9 Å². The van der Waals surface area contributed by atoms with E-state index in [0.29, 0.717) is 17.4 Å². The number of hydrogen-bond acceptors (Lipinski definition) is 4. The van der Waals surface area contributed by atoms with Gasteiger partial charge < -0.3 is 10.2 Å². The highest BCUT2D eigenvalue weighted by molar-refractivity contribution is 5.78. The Labute approximate surface area is 93.8 Å². The zero-order valence-electron chi connectivity index (χ0n) is 8.92. The van der Waals surface area contributed by atoms with Gasteiger partial charge in [-0.25, -0.2) is 0 Å². The van der Waals surface area contributed by atoms with Gasteiger partial charge in [0.25, 0.3) is 0 Å². The van der Waals surface area contributed by atoms with Crippen molar-refractivity contribution in [3.63, 3.8) is 0 Å². The van der Waals surface area contributed by atoms with Crippen molar-refractivity contribution in [1.29, 1.82) is 5.26 Å². The number of carbonyl (C=O) groups excluding carboxylic acids is 1. The highest BCUT2D eigenvalue weighted by Gasteiger charge is 2.20. The minimum absolute atomic E-state index is 0.173. The highest BCUT2D eigenvalue weighted by Crippen LogP contribution is 2.22. The quantitative estimate of drug-likeness (QED) is 0.743. The van der Waals surface area contributed by atoms with Crippen molar-refractivity contribution in [2.75, 3.05) is 0 Å². The van der Waals surface area contributed by atoms with E-state index < -0.39 is 12.2 Å². The van der Waals surface area contributed by atoms with Gasteiger partial charge >= 0.3 is 0 Å². The third kappa shape index (κ3) is 2.66. The van der Waals surface area contributed by atoms with Gasteiger partial charge in [0.15, 0.2) is 0 Å². The SMILES string of the molecule is Cc1ccc(C(O)C(O)CC#N)c(C=O)c1. The molecule has 0 aliphatic carbocycles. The molecule has 0 radical (unpaired) electrons. The molecule has 0 aliphatic heterocycles. The van der Waals surface area contributed by atoms with E-state index in [-0.39, 0.29) is 6.42 Å². The summed E-state index contributed by atoms with van der Waals surface area (Å²) in [5.41, 5.74) is 1.58. The van der Waals surface area contributed by atoms with E-state index in [0.717, 1.165) is 5.56 Å². The van der Waals surface area contributed by atoms with E-state index in [1.54, 1.807) is 24.3 Å². The summed E-state index contributed by atoms with van der Waals surface area (Å²) in [6, 6.07) is 6.73. The van der Waals surface area contributed by atoms with Gasteiger partial charge in [0.2, 0.25) is 0 Å². The Morgan fingerprint density at radius 1 is 1.50 bits per heavy atom. The number of hydrogen-bond donors (Lipinski definition) is 2. The van der Waals surface area contributed by atoms with Gasteiger partial charge in [-0.2, -0.15) is 5.26 Å². The molecule has 16 heavy (non-hydrogen) atoms. The largest absolute Gasteiger partial charge is 0.389 e. The summed E-state index contributed by atoms with van der Waals surface area (Å²) < 4.78 is 0.